The standard InChI is InChI=1S/C18H31N3O2S/c1-14(12-24-16-10-8-7-9-15(16)22-5)11-20-17(19-4)21-13-18(2,3)23-6/h7-10,14H,11-13H2,1-6H3,(H2,19,20,21). The summed E-state index contributed by atoms with van der Waals surface area (Å²) in [6.45, 7) is 7.87. The summed E-state index contributed by atoms with van der Waals surface area (Å²) < 4.78 is 10.8. The number of hydrogen-bond donors (Lipinski definition) is 2. The highest BCUT2D eigenvalue weighted by atomic mass is 32.2. The van der Waals surface area contributed by atoms with Crippen molar-refractivity contribution in [3.63, 3.8) is 0 Å². The molecule has 0 heterocycles. The van der Waals surface area contributed by atoms with Crippen molar-refractivity contribution in [2.24, 2.45) is 10.9 Å². The van der Waals surface area contributed by atoms with E-state index in [1.54, 1.807) is 21.3 Å². The van der Waals surface area contributed by atoms with Gasteiger partial charge < -0.3 is 20.1 Å². The normalized spacial score (nSPS) is 13.5. The molecule has 1 unspecified atom stereocenters. The van der Waals surface area contributed by atoms with Crippen LogP contribution in [0.15, 0.2) is 34.2 Å². The van der Waals surface area contributed by atoms with Crippen LogP contribution in [0.3, 0.4) is 0 Å². The molecule has 0 fully saturated rings. The van der Waals surface area contributed by atoms with Crippen molar-refractivity contribution in [1.82, 2.24) is 10.6 Å². The molecular formula is C18H31N3O2S. The Kier molecular flexibility index (Phi) is 9.00. The van der Waals surface area contributed by atoms with Crippen LogP contribution in [0.1, 0.15) is 20.8 Å². The topological polar surface area (TPSA) is 54.9 Å². The molecule has 6 heteroatoms. The van der Waals surface area contributed by atoms with Crippen LogP contribution >= 0.6 is 11.8 Å². The van der Waals surface area contributed by atoms with Crippen LogP contribution in [0.4, 0.5) is 0 Å². The third-order valence-electron chi connectivity index (χ3n) is 3.67. The summed E-state index contributed by atoms with van der Waals surface area (Å²) in [5.74, 6) is 3.23. The van der Waals surface area contributed by atoms with Gasteiger partial charge >= 0.3 is 0 Å². The Bertz CT molecular complexity index is 521. The largest absolute Gasteiger partial charge is 0.496 e. The second-order valence-electron chi connectivity index (χ2n) is 6.34. The van der Waals surface area contributed by atoms with E-state index in [2.05, 4.69) is 28.6 Å². The number of para-hydroxylation sites is 1. The molecule has 0 amide bonds. The SMILES string of the molecule is CN=C(NCC(C)CSc1ccccc1OC)NCC(C)(C)OC. The van der Waals surface area contributed by atoms with Crippen LogP contribution in [0, 0.1) is 5.92 Å². The van der Waals surface area contributed by atoms with Gasteiger partial charge in [0.25, 0.3) is 0 Å². The van der Waals surface area contributed by atoms with Crippen LogP contribution < -0.4 is 15.4 Å². The molecule has 0 aliphatic rings. The molecule has 1 aromatic carbocycles. The van der Waals surface area contributed by atoms with E-state index in [1.165, 1.54) is 4.90 Å². The molecular weight excluding hydrogens is 322 g/mol. The summed E-state index contributed by atoms with van der Waals surface area (Å²) >= 11 is 1.81. The molecule has 1 atom stereocenters. The first-order valence-corrected chi connectivity index (χ1v) is 9.16. The first-order valence-electron chi connectivity index (χ1n) is 8.17. The van der Waals surface area contributed by atoms with Crippen molar-refractivity contribution in [1.29, 1.82) is 0 Å². The molecule has 0 saturated heterocycles. The molecule has 0 aromatic heterocycles. The minimum absolute atomic E-state index is 0.219. The minimum Gasteiger partial charge on any atom is -0.496 e. The second kappa shape index (κ2) is 10.5. The molecule has 0 saturated carbocycles. The zero-order valence-electron chi connectivity index (χ0n) is 15.7. The number of nitrogens with zero attached hydrogens (tertiary/aromatic N) is 1. The number of benzene rings is 1. The Labute approximate surface area is 150 Å². The van der Waals surface area contributed by atoms with Crippen LogP contribution in [-0.2, 0) is 4.74 Å². The van der Waals surface area contributed by atoms with Gasteiger partial charge in [-0.25, -0.2) is 0 Å². The Morgan fingerprint density at radius 1 is 1.25 bits per heavy atom. The summed E-state index contributed by atoms with van der Waals surface area (Å²) in [5, 5.41) is 6.66. The highest BCUT2D eigenvalue weighted by molar-refractivity contribution is 7.99. The summed E-state index contributed by atoms with van der Waals surface area (Å²) in [5.41, 5.74) is -0.219. The summed E-state index contributed by atoms with van der Waals surface area (Å²) in [7, 11) is 5.21. The Morgan fingerprint density at radius 3 is 2.58 bits per heavy atom. The smallest absolute Gasteiger partial charge is 0.191 e. The van der Waals surface area contributed by atoms with Gasteiger partial charge in [-0.15, -0.1) is 11.8 Å². The molecule has 0 bridgehead atoms. The maximum atomic E-state index is 5.41. The maximum absolute atomic E-state index is 5.41. The highest BCUT2D eigenvalue weighted by Crippen LogP contribution is 2.29. The van der Waals surface area contributed by atoms with E-state index in [0.717, 1.165) is 24.0 Å². The van der Waals surface area contributed by atoms with Gasteiger partial charge in [0.15, 0.2) is 5.96 Å². The summed E-state index contributed by atoms with van der Waals surface area (Å²) in [4.78, 5) is 5.43. The lowest BCUT2D eigenvalue weighted by Crippen LogP contribution is -2.46. The van der Waals surface area contributed by atoms with E-state index in [4.69, 9.17) is 9.47 Å². The van der Waals surface area contributed by atoms with Crippen molar-refractivity contribution >= 4 is 17.7 Å². The zero-order chi connectivity index (χ0) is 18.0. The number of rotatable bonds is 9. The second-order valence-corrected chi connectivity index (χ2v) is 7.40. The van der Waals surface area contributed by atoms with Crippen LogP contribution in [0.5, 0.6) is 5.75 Å². The van der Waals surface area contributed by atoms with Gasteiger partial charge in [-0.05, 0) is 31.9 Å². The average Bonchev–Trinajstić information content (AvgIpc) is 2.60. The van der Waals surface area contributed by atoms with Gasteiger partial charge in [-0.1, -0.05) is 19.1 Å². The predicted molar refractivity (Wildman–Crippen MR) is 103 cm³/mol. The third kappa shape index (κ3) is 7.45. The molecule has 24 heavy (non-hydrogen) atoms. The van der Waals surface area contributed by atoms with Crippen LogP contribution in [0.2, 0.25) is 0 Å². The Balaban J connectivity index is 2.38. The number of methoxy groups -OCH3 is 2. The highest BCUT2D eigenvalue weighted by Gasteiger charge is 2.16. The van der Waals surface area contributed by atoms with Gasteiger partial charge in [0, 0.05) is 37.9 Å². The molecule has 0 radical (unpaired) electrons. The lowest BCUT2D eigenvalue weighted by molar-refractivity contribution is 0.0268. The number of hydrogen-bond acceptors (Lipinski definition) is 4. The van der Waals surface area contributed by atoms with Crippen LogP contribution in [0.25, 0.3) is 0 Å². The number of thioether (sulfide) groups is 1. The maximum Gasteiger partial charge on any atom is 0.191 e. The van der Waals surface area contributed by atoms with Crippen LogP contribution in [-0.4, -0.2) is 51.7 Å². The Morgan fingerprint density at radius 2 is 1.96 bits per heavy atom. The molecule has 136 valence electrons. The number of aliphatic imine (C=N–C) groups is 1. The van der Waals surface area contributed by atoms with E-state index < -0.39 is 0 Å². The van der Waals surface area contributed by atoms with Crippen molar-refractivity contribution in [3.05, 3.63) is 24.3 Å². The first-order chi connectivity index (χ1) is 11.4. The van der Waals surface area contributed by atoms with Gasteiger partial charge in [0.2, 0.25) is 0 Å². The van der Waals surface area contributed by atoms with Crippen molar-refractivity contribution in [2.45, 2.75) is 31.3 Å². The van der Waals surface area contributed by atoms with E-state index in [0.29, 0.717) is 12.5 Å². The number of nitrogens with one attached hydrogen (secondary N) is 2. The summed E-state index contributed by atoms with van der Waals surface area (Å²) in [6, 6.07) is 8.12. The quantitative estimate of drug-likeness (QED) is 0.406. The lowest BCUT2D eigenvalue weighted by atomic mass is 10.1. The van der Waals surface area contributed by atoms with Crippen molar-refractivity contribution in [2.75, 3.05) is 40.1 Å². The lowest BCUT2D eigenvalue weighted by Gasteiger charge is -2.25. The average molecular weight is 354 g/mol. The molecule has 2 N–H and O–H groups in total. The molecule has 0 aliphatic heterocycles. The van der Waals surface area contributed by atoms with Crippen molar-refractivity contribution < 1.29 is 9.47 Å². The number of ether oxygens (including phenoxy) is 2. The molecule has 0 aliphatic carbocycles. The predicted octanol–water partition coefficient (Wildman–Crippen LogP) is 3.01. The number of guanidine groups is 1. The monoisotopic (exact) mass is 353 g/mol. The third-order valence-corrected chi connectivity index (χ3v) is 5.05. The van der Waals surface area contributed by atoms with Crippen molar-refractivity contribution in [3.8, 4) is 5.75 Å². The van der Waals surface area contributed by atoms with Gasteiger partial charge in [0.05, 0.1) is 12.7 Å². The fraction of sp³-hybridized carbons (Fsp3) is 0.611. The van der Waals surface area contributed by atoms with E-state index in [9.17, 15) is 0 Å². The summed E-state index contributed by atoms with van der Waals surface area (Å²) in [6.07, 6.45) is 0. The van der Waals surface area contributed by atoms with Gasteiger partial charge in [0.1, 0.15) is 5.75 Å². The Hall–Kier alpha value is -1.40. The molecule has 5 nitrogen and oxygen atoms in total. The first kappa shape index (κ1) is 20.6. The molecule has 1 rings (SSSR count). The fourth-order valence-corrected chi connectivity index (χ4v) is 2.94. The fourth-order valence-electron chi connectivity index (χ4n) is 1.89. The van der Waals surface area contributed by atoms with E-state index in [-0.39, 0.29) is 5.60 Å². The zero-order valence-corrected chi connectivity index (χ0v) is 16.5. The molecule has 1 aromatic rings. The van der Waals surface area contributed by atoms with Gasteiger partial charge in [-0.3, -0.25) is 4.99 Å². The van der Waals surface area contributed by atoms with E-state index >= 15 is 0 Å². The minimum atomic E-state index is -0.219. The molecule has 0 spiro atoms. The van der Waals surface area contributed by atoms with E-state index in [1.807, 2.05) is 43.8 Å². The van der Waals surface area contributed by atoms with Gasteiger partial charge in [-0.2, -0.15) is 0 Å².